The average Bonchev–Trinajstić information content (AvgIpc) is 2.47. The molecule has 0 aromatic heterocycles. The molecule has 92 valence electrons. The number of hydrogen-bond donors (Lipinski definition) is 0. The molecule has 0 bridgehead atoms. The van der Waals surface area contributed by atoms with Crippen LogP contribution in [0.1, 0.15) is 41.7 Å². The summed E-state index contributed by atoms with van der Waals surface area (Å²) in [6.45, 7) is 11.3. The molecular formula is C18H20. The van der Waals surface area contributed by atoms with Crippen LogP contribution in [0.25, 0.3) is 11.1 Å². The van der Waals surface area contributed by atoms with Gasteiger partial charge in [0.25, 0.3) is 0 Å². The summed E-state index contributed by atoms with van der Waals surface area (Å²) in [7, 11) is 0. The number of aryl methyl sites for hydroxylation is 3. The van der Waals surface area contributed by atoms with Crippen LogP contribution in [0, 0.1) is 20.8 Å². The van der Waals surface area contributed by atoms with Gasteiger partial charge in [0.1, 0.15) is 0 Å². The average molecular weight is 236 g/mol. The molecule has 2 aromatic carbocycles. The lowest BCUT2D eigenvalue weighted by molar-refractivity contribution is 0.655. The number of fused-ring (bicyclic) bond motifs is 3. The third kappa shape index (κ3) is 1.38. The van der Waals surface area contributed by atoms with Gasteiger partial charge < -0.3 is 0 Å². The number of rotatable bonds is 0. The molecule has 0 radical (unpaired) electrons. The summed E-state index contributed by atoms with van der Waals surface area (Å²) >= 11 is 0. The van der Waals surface area contributed by atoms with E-state index >= 15 is 0 Å². The van der Waals surface area contributed by atoms with Gasteiger partial charge in [-0.05, 0) is 48.6 Å². The lowest BCUT2D eigenvalue weighted by Gasteiger charge is -2.23. The first kappa shape index (κ1) is 11.5. The molecule has 0 heterocycles. The van der Waals surface area contributed by atoms with Crippen LogP contribution < -0.4 is 0 Å². The third-order valence-electron chi connectivity index (χ3n) is 4.24. The summed E-state index contributed by atoms with van der Waals surface area (Å²) in [5.74, 6) is 0. The molecule has 0 N–H and O–H groups in total. The summed E-state index contributed by atoms with van der Waals surface area (Å²) < 4.78 is 0. The molecule has 0 saturated heterocycles. The molecule has 0 atom stereocenters. The highest BCUT2D eigenvalue weighted by atomic mass is 14.4. The second kappa shape index (κ2) is 3.47. The second-order valence-corrected chi connectivity index (χ2v) is 6.18. The molecule has 18 heavy (non-hydrogen) atoms. The van der Waals surface area contributed by atoms with Gasteiger partial charge in [-0.3, -0.25) is 0 Å². The summed E-state index contributed by atoms with van der Waals surface area (Å²) in [5.41, 5.74) is 10.1. The Morgan fingerprint density at radius 3 is 2.22 bits per heavy atom. The first-order chi connectivity index (χ1) is 8.41. The van der Waals surface area contributed by atoms with E-state index in [0.29, 0.717) is 0 Å². The van der Waals surface area contributed by atoms with Crippen molar-refractivity contribution in [3.8, 4) is 11.1 Å². The van der Waals surface area contributed by atoms with Crippen molar-refractivity contribution in [2.45, 2.75) is 40.0 Å². The standard InChI is InChI=1S/C18H20/c1-11-6-7-14-15-9-12(2)8-13(3)17(15)18(4,5)16(14)10-11/h6-10H,1-5H3. The highest BCUT2D eigenvalue weighted by molar-refractivity contribution is 5.82. The van der Waals surface area contributed by atoms with E-state index in [1.807, 2.05) is 0 Å². The Kier molecular flexibility index (Phi) is 2.22. The van der Waals surface area contributed by atoms with Crippen LogP contribution in [0.15, 0.2) is 30.3 Å². The van der Waals surface area contributed by atoms with Crippen LogP contribution in [0.2, 0.25) is 0 Å². The molecule has 1 aliphatic carbocycles. The fourth-order valence-corrected chi connectivity index (χ4v) is 3.55. The Labute approximate surface area is 110 Å². The van der Waals surface area contributed by atoms with Gasteiger partial charge in [0.15, 0.2) is 0 Å². The minimum Gasteiger partial charge on any atom is -0.0587 e. The fourth-order valence-electron chi connectivity index (χ4n) is 3.55. The lowest BCUT2D eigenvalue weighted by Crippen LogP contribution is -2.16. The number of benzene rings is 2. The molecule has 2 aromatic rings. The van der Waals surface area contributed by atoms with E-state index in [-0.39, 0.29) is 5.41 Å². The van der Waals surface area contributed by atoms with E-state index in [1.165, 1.54) is 38.9 Å². The predicted octanol–water partition coefficient (Wildman–Crippen LogP) is 4.92. The highest BCUT2D eigenvalue weighted by Crippen LogP contribution is 2.50. The normalized spacial score (nSPS) is 15.4. The molecule has 0 heteroatoms. The van der Waals surface area contributed by atoms with Crippen molar-refractivity contribution in [2.75, 3.05) is 0 Å². The Morgan fingerprint density at radius 2 is 1.50 bits per heavy atom. The Morgan fingerprint density at radius 1 is 0.778 bits per heavy atom. The van der Waals surface area contributed by atoms with Gasteiger partial charge in [0.2, 0.25) is 0 Å². The summed E-state index contributed by atoms with van der Waals surface area (Å²) in [6.07, 6.45) is 0. The lowest BCUT2D eigenvalue weighted by atomic mass is 9.80. The van der Waals surface area contributed by atoms with Gasteiger partial charge in [-0.15, -0.1) is 0 Å². The first-order valence-corrected chi connectivity index (χ1v) is 6.64. The largest absolute Gasteiger partial charge is 0.0587 e. The van der Waals surface area contributed by atoms with Gasteiger partial charge in [-0.25, -0.2) is 0 Å². The maximum Gasteiger partial charge on any atom is 0.0161 e. The molecule has 1 aliphatic rings. The fraction of sp³-hybridized carbons (Fsp3) is 0.333. The summed E-state index contributed by atoms with van der Waals surface area (Å²) in [4.78, 5) is 0. The summed E-state index contributed by atoms with van der Waals surface area (Å²) in [6, 6.07) is 11.5. The monoisotopic (exact) mass is 236 g/mol. The van der Waals surface area contributed by atoms with Crippen LogP contribution in [0.3, 0.4) is 0 Å². The van der Waals surface area contributed by atoms with Crippen LogP contribution in [-0.2, 0) is 5.41 Å². The van der Waals surface area contributed by atoms with E-state index in [4.69, 9.17) is 0 Å². The van der Waals surface area contributed by atoms with Crippen molar-refractivity contribution in [3.63, 3.8) is 0 Å². The van der Waals surface area contributed by atoms with Crippen molar-refractivity contribution >= 4 is 0 Å². The van der Waals surface area contributed by atoms with Crippen molar-refractivity contribution in [1.29, 1.82) is 0 Å². The molecule has 0 unspecified atom stereocenters. The summed E-state index contributed by atoms with van der Waals surface area (Å²) in [5, 5.41) is 0. The minimum atomic E-state index is 0.133. The maximum atomic E-state index is 2.35. The van der Waals surface area contributed by atoms with Gasteiger partial charge in [0, 0.05) is 5.41 Å². The maximum absolute atomic E-state index is 2.35. The van der Waals surface area contributed by atoms with Crippen molar-refractivity contribution in [2.24, 2.45) is 0 Å². The van der Waals surface area contributed by atoms with E-state index in [9.17, 15) is 0 Å². The molecule has 3 rings (SSSR count). The van der Waals surface area contributed by atoms with Crippen molar-refractivity contribution < 1.29 is 0 Å². The molecule has 0 spiro atoms. The molecule has 0 fully saturated rings. The Balaban J connectivity index is 2.42. The zero-order chi connectivity index (χ0) is 13.1. The van der Waals surface area contributed by atoms with Gasteiger partial charge >= 0.3 is 0 Å². The second-order valence-electron chi connectivity index (χ2n) is 6.18. The quantitative estimate of drug-likeness (QED) is 0.609. The van der Waals surface area contributed by atoms with E-state index in [2.05, 4.69) is 65.0 Å². The molecule has 0 aliphatic heterocycles. The molecule has 0 saturated carbocycles. The van der Waals surface area contributed by atoms with E-state index in [0.717, 1.165) is 0 Å². The van der Waals surface area contributed by atoms with Gasteiger partial charge in [-0.1, -0.05) is 55.3 Å². The number of hydrogen-bond acceptors (Lipinski definition) is 0. The zero-order valence-electron chi connectivity index (χ0n) is 11.9. The van der Waals surface area contributed by atoms with Crippen LogP contribution in [0.5, 0.6) is 0 Å². The van der Waals surface area contributed by atoms with Gasteiger partial charge in [0.05, 0.1) is 0 Å². The van der Waals surface area contributed by atoms with Crippen LogP contribution in [0.4, 0.5) is 0 Å². The Bertz CT molecular complexity index is 645. The van der Waals surface area contributed by atoms with Crippen molar-refractivity contribution in [1.82, 2.24) is 0 Å². The molecule has 0 nitrogen and oxygen atoms in total. The van der Waals surface area contributed by atoms with Crippen LogP contribution >= 0.6 is 0 Å². The Hall–Kier alpha value is -1.56. The van der Waals surface area contributed by atoms with E-state index in [1.54, 1.807) is 0 Å². The zero-order valence-corrected chi connectivity index (χ0v) is 11.9. The molecule has 0 amide bonds. The van der Waals surface area contributed by atoms with E-state index < -0.39 is 0 Å². The predicted molar refractivity (Wildman–Crippen MR) is 78.2 cm³/mol. The molecular weight excluding hydrogens is 216 g/mol. The van der Waals surface area contributed by atoms with Gasteiger partial charge in [-0.2, -0.15) is 0 Å². The van der Waals surface area contributed by atoms with Crippen molar-refractivity contribution in [3.05, 3.63) is 58.1 Å². The smallest absolute Gasteiger partial charge is 0.0161 e. The third-order valence-corrected chi connectivity index (χ3v) is 4.24. The topological polar surface area (TPSA) is 0 Å². The van der Waals surface area contributed by atoms with Crippen LogP contribution in [-0.4, -0.2) is 0 Å². The first-order valence-electron chi connectivity index (χ1n) is 6.64. The minimum absolute atomic E-state index is 0.133. The highest BCUT2D eigenvalue weighted by Gasteiger charge is 2.36. The SMILES string of the molecule is Cc1cc(C)c2c(c1)-c1ccc(C)cc1C2(C)C.